The number of hydrogen-bond donors (Lipinski definition) is 0. The number of para-hydroxylation sites is 1. The van der Waals surface area contributed by atoms with E-state index in [1.807, 2.05) is 43.3 Å². The maximum absolute atomic E-state index is 6.33. The van der Waals surface area contributed by atoms with Crippen molar-refractivity contribution < 1.29 is 4.74 Å². The van der Waals surface area contributed by atoms with E-state index < -0.39 is 5.72 Å². The summed E-state index contributed by atoms with van der Waals surface area (Å²) < 4.78 is 6.33. The van der Waals surface area contributed by atoms with Crippen LogP contribution in [-0.4, -0.2) is 11.4 Å². The number of ether oxygens (including phenoxy) is 1. The van der Waals surface area contributed by atoms with Gasteiger partial charge in [0.25, 0.3) is 5.72 Å². The fraction of sp³-hybridized carbons (Fsp3) is 0.100. The van der Waals surface area contributed by atoms with Gasteiger partial charge in [-0.3, -0.25) is 0 Å². The molecule has 0 saturated heterocycles. The van der Waals surface area contributed by atoms with Crippen molar-refractivity contribution in [2.75, 3.05) is 0 Å². The van der Waals surface area contributed by atoms with Gasteiger partial charge in [-0.2, -0.15) is 0 Å². The van der Waals surface area contributed by atoms with E-state index in [0.717, 1.165) is 38.5 Å². The Hall–Kier alpha value is -2.94. The van der Waals surface area contributed by atoms with Crippen molar-refractivity contribution in [1.82, 2.24) is 0 Å². The smallest absolute Gasteiger partial charge is 0.260 e. The van der Waals surface area contributed by atoms with Crippen molar-refractivity contribution in [3.8, 4) is 5.75 Å². The van der Waals surface area contributed by atoms with Crippen molar-refractivity contribution >= 4 is 28.2 Å². The minimum atomic E-state index is -0.806. The number of aliphatic imine (C=N–C) groups is 1. The highest BCUT2D eigenvalue weighted by Crippen LogP contribution is 2.42. The molecule has 1 atom stereocenters. The van der Waals surface area contributed by atoms with Gasteiger partial charge in [0, 0.05) is 10.6 Å². The van der Waals surface area contributed by atoms with Crippen LogP contribution in [0.1, 0.15) is 6.92 Å². The number of hydrogen-bond acceptors (Lipinski definition) is 3. The van der Waals surface area contributed by atoms with E-state index in [1.165, 1.54) is 0 Å². The molecule has 5 rings (SSSR count). The lowest BCUT2D eigenvalue weighted by molar-refractivity contribution is 0.212. The van der Waals surface area contributed by atoms with Crippen molar-refractivity contribution in [3.63, 3.8) is 0 Å². The molecule has 3 aromatic carbocycles. The van der Waals surface area contributed by atoms with Crippen LogP contribution in [0.4, 0.5) is 5.69 Å². The fourth-order valence-corrected chi connectivity index (χ4v) is 3.29. The molecule has 0 aromatic heterocycles. The molecule has 23 heavy (non-hydrogen) atoms. The highest BCUT2D eigenvalue weighted by atomic mass is 16.5. The lowest BCUT2D eigenvalue weighted by Crippen LogP contribution is -2.40. The maximum atomic E-state index is 6.33. The summed E-state index contributed by atoms with van der Waals surface area (Å²) in [5, 5.41) is 4.31. The van der Waals surface area contributed by atoms with Crippen molar-refractivity contribution in [3.05, 3.63) is 71.2 Å². The first kappa shape index (κ1) is 12.6. The van der Waals surface area contributed by atoms with E-state index in [1.54, 1.807) is 0 Å². The van der Waals surface area contributed by atoms with Crippen LogP contribution < -0.4 is 15.3 Å². The van der Waals surface area contributed by atoms with Gasteiger partial charge in [-0.25, -0.2) is 9.98 Å². The largest absolute Gasteiger partial charge is 0.455 e. The third-order valence-electron chi connectivity index (χ3n) is 4.50. The lowest BCUT2D eigenvalue weighted by Gasteiger charge is -2.30. The van der Waals surface area contributed by atoms with E-state index >= 15 is 0 Å². The molecule has 2 aliphatic heterocycles. The van der Waals surface area contributed by atoms with Crippen molar-refractivity contribution in [2.24, 2.45) is 9.98 Å². The standard InChI is InChI=1S/C20H14N2O/c1-13-20(12-15-7-3-5-9-17(15)22-20)23-18-11-10-14-6-2-4-8-16(14)19(18)21-13/h2-12H,1H3. The van der Waals surface area contributed by atoms with Gasteiger partial charge in [0.05, 0.1) is 11.1 Å². The van der Waals surface area contributed by atoms with Gasteiger partial charge < -0.3 is 4.74 Å². The van der Waals surface area contributed by atoms with Gasteiger partial charge in [-0.1, -0.05) is 48.5 Å². The number of fused-ring (bicyclic) bond motifs is 4. The zero-order valence-electron chi connectivity index (χ0n) is 12.7. The summed E-state index contributed by atoms with van der Waals surface area (Å²) in [6, 6.07) is 20.4. The molecule has 1 spiro atoms. The van der Waals surface area contributed by atoms with Gasteiger partial charge >= 0.3 is 0 Å². The molecule has 0 fully saturated rings. The van der Waals surface area contributed by atoms with Crippen LogP contribution in [0.15, 0.2) is 70.6 Å². The zero-order chi connectivity index (χ0) is 15.4. The average Bonchev–Trinajstić information content (AvgIpc) is 2.95. The van der Waals surface area contributed by atoms with Crippen LogP contribution in [0.5, 0.6) is 5.75 Å². The fourth-order valence-electron chi connectivity index (χ4n) is 3.29. The molecule has 0 saturated carbocycles. The van der Waals surface area contributed by atoms with Gasteiger partial charge in [-0.05, 0) is 30.5 Å². The van der Waals surface area contributed by atoms with E-state index in [9.17, 15) is 0 Å². The number of rotatable bonds is 0. The minimum absolute atomic E-state index is 0.780. The summed E-state index contributed by atoms with van der Waals surface area (Å²) in [5.41, 5.74) is 0.947. The van der Waals surface area contributed by atoms with E-state index in [-0.39, 0.29) is 0 Å². The van der Waals surface area contributed by atoms with Crippen LogP contribution in [-0.2, 0) is 0 Å². The Balaban J connectivity index is 1.77. The molecule has 0 amide bonds. The third kappa shape index (κ3) is 1.70. The number of nitrogens with zero attached hydrogens (tertiary/aromatic N) is 2. The van der Waals surface area contributed by atoms with Gasteiger partial charge in [0.1, 0.15) is 11.4 Å². The second-order valence-electron chi connectivity index (χ2n) is 5.94. The van der Waals surface area contributed by atoms with Crippen molar-refractivity contribution in [2.45, 2.75) is 12.6 Å². The lowest BCUT2D eigenvalue weighted by atomic mass is 10.0. The monoisotopic (exact) mass is 298 g/mol. The van der Waals surface area contributed by atoms with Gasteiger partial charge in [0.15, 0.2) is 0 Å². The molecular weight excluding hydrogens is 284 g/mol. The van der Waals surface area contributed by atoms with Gasteiger partial charge in [-0.15, -0.1) is 0 Å². The minimum Gasteiger partial charge on any atom is -0.455 e. The predicted octanol–water partition coefficient (Wildman–Crippen LogP) is 3.13. The molecular formula is C20H14N2O. The predicted molar refractivity (Wildman–Crippen MR) is 91.8 cm³/mol. The highest BCUT2D eigenvalue weighted by molar-refractivity contribution is 6.05. The first-order chi connectivity index (χ1) is 11.3. The molecule has 3 aromatic rings. The van der Waals surface area contributed by atoms with Crippen LogP contribution in [0.3, 0.4) is 0 Å². The van der Waals surface area contributed by atoms with E-state index in [0.29, 0.717) is 0 Å². The molecule has 3 nitrogen and oxygen atoms in total. The Bertz CT molecular complexity index is 1080. The summed E-state index contributed by atoms with van der Waals surface area (Å²) in [7, 11) is 0. The Morgan fingerprint density at radius 2 is 1.74 bits per heavy atom. The summed E-state index contributed by atoms with van der Waals surface area (Å²) in [4.78, 5) is 9.65. The second kappa shape index (κ2) is 4.29. The Morgan fingerprint density at radius 3 is 2.65 bits per heavy atom. The Morgan fingerprint density at radius 1 is 0.913 bits per heavy atom. The van der Waals surface area contributed by atoms with Gasteiger partial charge in [0.2, 0.25) is 0 Å². The molecule has 2 heterocycles. The molecule has 0 aliphatic carbocycles. The second-order valence-corrected chi connectivity index (χ2v) is 5.94. The van der Waals surface area contributed by atoms with E-state index in [2.05, 4.69) is 30.3 Å². The average molecular weight is 298 g/mol. The Labute approximate surface area is 133 Å². The molecule has 110 valence electrons. The number of benzene rings is 3. The summed E-state index contributed by atoms with van der Waals surface area (Å²) >= 11 is 0. The first-order valence-corrected chi connectivity index (χ1v) is 7.70. The van der Waals surface area contributed by atoms with Crippen LogP contribution in [0.25, 0.3) is 16.8 Å². The molecule has 0 bridgehead atoms. The summed E-state index contributed by atoms with van der Waals surface area (Å²) in [5.74, 6) is 0.780. The summed E-state index contributed by atoms with van der Waals surface area (Å²) in [6.07, 6.45) is 2.05. The Kier molecular flexibility index (Phi) is 2.35. The topological polar surface area (TPSA) is 34.0 Å². The molecule has 3 heteroatoms. The van der Waals surface area contributed by atoms with Crippen molar-refractivity contribution in [1.29, 1.82) is 0 Å². The maximum Gasteiger partial charge on any atom is 0.260 e. The molecule has 1 unspecified atom stereocenters. The van der Waals surface area contributed by atoms with E-state index in [4.69, 9.17) is 14.7 Å². The molecule has 2 aliphatic rings. The third-order valence-corrected chi connectivity index (χ3v) is 4.50. The first-order valence-electron chi connectivity index (χ1n) is 7.70. The van der Waals surface area contributed by atoms with Crippen LogP contribution >= 0.6 is 0 Å². The zero-order valence-corrected chi connectivity index (χ0v) is 12.7. The SMILES string of the molecule is CC1=Nc2c(ccc3ccccc23)OC12C=c1ccccc1=N2. The quantitative estimate of drug-likeness (QED) is 0.628. The molecule has 0 N–H and O–H groups in total. The van der Waals surface area contributed by atoms with Crippen LogP contribution in [0, 0.1) is 0 Å². The van der Waals surface area contributed by atoms with Crippen LogP contribution in [0.2, 0.25) is 0 Å². The summed E-state index contributed by atoms with van der Waals surface area (Å²) in [6.45, 7) is 1.98. The highest BCUT2D eigenvalue weighted by Gasteiger charge is 2.39. The molecule has 0 radical (unpaired) electrons. The normalized spacial score (nSPS) is 21.0.